The van der Waals surface area contributed by atoms with Gasteiger partial charge in [0, 0.05) is 12.0 Å². The van der Waals surface area contributed by atoms with Crippen LogP contribution < -0.4 is 10.1 Å². The van der Waals surface area contributed by atoms with Crippen LogP contribution in [0.3, 0.4) is 0 Å². The Morgan fingerprint density at radius 2 is 2.21 bits per heavy atom. The number of hydrogen-bond acceptors (Lipinski definition) is 2. The van der Waals surface area contributed by atoms with Crippen LogP contribution in [-0.2, 0) is 6.42 Å². The van der Waals surface area contributed by atoms with Gasteiger partial charge in [0.15, 0.2) is 0 Å². The van der Waals surface area contributed by atoms with Crippen LogP contribution in [0, 0.1) is 11.7 Å². The first kappa shape index (κ1) is 14.3. The van der Waals surface area contributed by atoms with Crippen LogP contribution in [0.2, 0.25) is 0 Å². The van der Waals surface area contributed by atoms with Crippen molar-refractivity contribution in [2.24, 2.45) is 5.92 Å². The molecule has 0 bridgehead atoms. The van der Waals surface area contributed by atoms with Crippen LogP contribution in [0.25, 0.3) is 0 Å². The van der Waals surface area contributed by atoms with Crippen molar-refractivity contribution < 1.29 is 9.13 Å². The fraction of sp³-hybridized carbons (Fsp3) is 0.625. The Morgan fingerprint density at radius 1 is 1.37 bits per heavy atom. The molecule has 1 aliphatic heterocycles. The highest BCUT2D eigenvalue weighted by Crippen LogP contribution is 2.30. The monoisotopic (exact) mass is 265 g/mol. The normalized spacial score (nSPS) is 17.6. The van der Waals surface area contributed by atoms with E-state index in [2.05, 4.69) is 19.2 Å². The molecule has 1 N–H and O–H groups in total. The van der Waals surface area contributed by atoms with E-state index in [1.54, 1.807) is 12.1 Å². The fourth-order valence-corrected chi connectivity index (χ4v) is 2.46. The summed E-state index contributed by atoms with van der Waals surface area (Å²) in [6, 6.07) is 4.81. The maximum Gasteiger partial charge on any atom is 0.123 e. The molecule has 1 aromatic carbocycles. The summed E-state index contributed by atoms with van der Waals surface area (Å²) in [5.41, 5.74) is 1.02. The van der Waals surface area contributed by atoms with Crippen LogP contribution in [0.15, 0.2) is 18.2 Å². The number of ether oxygens (including phenoxy) is 1. The highest BCUT2D eigenvalue weighted by atomic mass is 19.1. The molecule has 1 aromatic rings. The minimum Gasteiger partial charge on any atom is -0.490 e. The lowest BCUT2D eigenvalue weighted by Crippen LogP contribution is -2.21. The summed E-state index contributed by atoms with van der Waals surface area (Å²) in [5.74, 6) is 1.41. The van der Waals surface area contributed by atoms with Gasteiger partial charge < -0.3 is 10.1 Å². The molecule has 3 heteroatoms. The third-order valence-electron chi connectivity index (χ3n) is 3.45. The molecule has 0 aromatic heterocycles. The topological polar surface area (TPSA) is 21.3 Å². The second kappa shape index (κ2) is 6.90. The highest BCUT2D eigenvalue weighted by Gasteiger charge is 2.22. The Hall–Kier alpha value is -1.09. The minimum atomic E-state index is -0.166. The minimum absolute atomic E-state index is 0.166. The Labute approximate surface area is 115 Å². The quantitative estimate of drug-likeness (QED) is 0.761. The first-order valence-corrected chi connectivity index (χ1v) is 7.31. The van der Waals surface area contributed by atoms with E-state index in [-0.39, 0.29) is 11.9 Å². The van der Waals surface area contributed by atoms with Gasteiger partial charge in [-0.1, -0.05) is 13.8 Å². The Morgan fingerprint density at radius 3 is 3.00 bits per heavy atom. The molecule has 2 rings (SSSR count). The van der Waals surface area contributed by atoms with Gasteiger partial charge in [0.25, 0.3) is 0 Å². The Bertz CT molecular complexity index is 406. The molecule has 0 fully saturated rings. The summed E-state index contributed by atoms with van der Waals surface area (Å²) in [6.07, 6.45) is 4.48. The molecule has 0 saturated heterocycles. The van der Waals surface area contributed by atoms with Gasteiger partial charge in [0.05, 0.1) is 0 Å². The van der Waals surface area contributed by atoms with E-state index in [0.717, 1.165) is 43.7 Å². The third kappa shape index (κ3) is 4.50. The molecule has 1 atom stereocenters. The molecule has 0 spiro atoms. The number of benzene rings is 1. The van der Waals surface area contributed by atoms with E-state index in [4.69, 9.17) is 4.74 Å². The van der Waals surface area contributed by atoms with E-state index in [9.17, 15) is 4.39 Å². The zero-order valence-corrected chi connectivity index (χ0v) is 11.9. The average molecular weight is 265 g/mol. The van der Waals surface area contributed by atoms with Gasteiger partial charge in [-0.2, -0.15) is 0 Å². The molecule has 19 heavy (non-hydrogen) atoms. The number of halogens is 1. The number of rotatable bonds is 7. The van der Waals surface area contributed by atoms with Crippen LogP contribution in [0.4, 0.5) is 4.39 Å². The molecular formula is C16H24FNO. The molecule has 1 unspecified atom stereocenters. The molecule has 106 valence electrons. The second-order valence-corrected chi connectivity index (χ2v) is 5.79. The smallest absolute Gasteiger partial charge is 0.123 e. The van der Waals surface area contributed by atoms with Gasteiger partial charge in [0.1, 0.15) is 17.7 Å². The maximum absolute atomic E-state index is 13.1. The maximum atomic E-state index is 13.1. The summed E-state index contributed by atoms with van der Waals surface area (Å²) < 4.78 is 18.9. The van der Waals surface area contributed by atoms with Gasteiger partial charge in [-0.05, 0) is 56.5 Å². The predicted molar refractivity (Wildman–Crippen MR) is 76.1 cm³/mol. The van der Waals surface area contributed by atoms with E-state index < -0.39 is 0 Å². The molecule has 0 radical (unpaired) electrons. The van der Waals surface area contributed by atoms with E-state index >= 15 is 0 Å². The zero-order chi connectivity index (χ0) is 13.7. The second-order valence-electron chi connectivity index (χ2n) is 5.79. The summed E-state index contributed by atoms with van der Waals surface area (Å²) in [4.78, 5) is 0. The van der Waals surface area contributed by atoms with Gasteiger partial charge in [0.2, 0.25) is 0 Å². The summed E-state index contributed by atoms with van der Waals surface area (Å²) in [5, 5.41) is 3.44. The molecule has 0 amide bonds. The van der Waals surface area contributed by atoms with Crippen LogP contribution in [0.5, 0.6) is 5.75 Å². The fourth-order valence-electron chi connectivity index (χ4n) is 2.46. The van der Waals surface area contributed by atoms with E-state index in [1.165, 1.54) is 12.5 Å². The standard InChI is InChI=1S/C16H24FNO/c1-12(2)11-18-8-4-3-5-15-10-13-9-14(17)6-7-16(13)19-15/h6-7,9,12,15,18H,3-5,8,10-11H2,1-2H3. The number of fused-ring (bicyclic) bond motifs is 1. The highest BCUT2D eigenvalue weighted by molar-refractivity contribution is 5.37. The van der Waals surface area contributed by atoms with Crippen LogP contribution in [0.1, 0.15) is 38.7 Å². The molecule has 0 saturated carbocycles. The van der Waals surface area contributed by atoms with Crippen molar-refractivity contribution in [2.75, 3.05) is 13.1 Å². The van der Waals surface area contributed by atoms with Gasteiger partial charge in [-0.25, -0.2) is 4.39 Å². The average Bonchev–Trinajstić information content (AvgIpc) is 2.75. The SMILES string of the molecule is CC(C)CNCCCCC1Cc2cc(F)ccc2O1. The van der Waals surface area contributed by atoms with Gasteiger partial charge in [-0.3, -0.25) is 0 Å². The van der Waals surface area contributed by atoms with Crippen molar-refractivity contribution in [1.29, 1.82) is 0 Å². The van der Waals surface area contributed by atoms with E-state index in [0.29, 0.717) is 5.92 Å². The van der Waals surface area contributed by atoms with Gasteiger partial charge >= 0.3 is 0 Å². The summed E-state index contributed by atoms with van der Waals surface area (Å²) in [7, 11) is 0. The zero-order valence-electron chi connectivity index (χ0n) is 11.9. The number of unbranched alkanes of at least 4 members (excludes halogenated alkanes) is 1. The molecule has 2 nitrogen and oxygen atoms in total. The number of hydrogen-bond donors (Lipinski definition) is 1. The van der Waals surface area contributed by atoms with Crippen molar-refractivity contribution in [3.8, 4) is 5.75 Å². The first-order chi connectivity index (χ1) is 9.15. The largest absolute Gasteiger partial charge is 0.490 e. The van der Waals surface area contributed by atoms with Gasteiger partial charge in [-0.15, -0.1) is 0 Å². The summed E-state index contributed by atoms with van der Waals surface area (Å²) >= 11 is 0. The van der Waals surface area contributed by atoms with Crippen molar-refractivity contribution in [3.05, 3.63) is 29.6 Å². The van der Waals surface area contributed by atoms with Crippen molar-refractivity contribution in [3.63, 3.8) is 0 Å². The molecular weight excluding hydrogens is 241 g/mol. The lowest BCUT2D eigenvalue weighted by atomic mass is 10.1. The van der Waals surface area contributed by atoms with Crippen molar-refractivity contribution >= 4 is 0 Å². The molecule has 1 heterocycles. The van der Waals surface area contributed by atoms with Crippen molar-refractivity contribution in [2.45, 2.75) is 45.6 Å². The number of nitrogens with one attached hydrogen (secondary N) is 1. The third-order valence-corrected chi connectivity index (χ3v) is 3.45. The first-order valence-electron chi connectivity index (χ1n) is 7.31. The van der Waals surface area contributed by atoms with E-state index in [1.807, 2.05) is 0 Å². The molecule has 0 aliphatic carbocycles. The predicted octanol–water partition coefficient (Wildman–Crippen LogP) is 3.55. The van der Waals surface area contributed by atoms with Crippen molar-refractivity contribution in [1.82, 2.24) is 5.32 Å². The van der Waals surface area contributed by atoms with Crippen LogP contribution >= 0.6 is 0 Å². The molecule has 1 aliphatic rings. The lowest BCUT2D eigenvalue weighted by Gasteiger charge is -2.11. The van der Waals surface area contributed by atoms with Crippen LogP contribution in [-0.4, -0.2) is 19.2 Å². The Balaban J connectivity index is 1.62. The Kier molecular flexibility index (Phi) is 5.20. The summed E-state index contributed by atoms with van der Waals surface area (Å²) in [6.45, 7) is 6.60. The lowest BCUT2D eigenvalue weighted by molar-refractivity contribution is 0.216.